The lowest BCUT2D eigenvalue weighted by Crippen LogP contribution is -2.57. The van der Waals surface area contributed by atoms with Gasteiger partial charge in [-0.2, -0.15) is 0 Å². The first-order valence-electron chi connectivity index (χ1n) is 8.78. The fraction of sp³-hybridized carbons (Fsp3) is 1.00. The number of morpholine rings is 1. The molecule has 2 unspecified atom stereocenters. The van der Waals surface area contributed by atoms with Crippen molar-refractivity contribution in [3.05, 3.63) is 0 Å². The van der Waals surface area contributed by atoms with Crippen LogP contribution >= 0.6 is 0 Å². The molecular formula is C17H32N2O. The molecule has 0 bridgehead atoms. The van der Waals surface area contributed by atoms with Gasteiger partial charge in [-0.05, 0) is 43.6 Å². The van der Waals surface area contributed by atoms with E-state index >= 15 is 0 Å². The summed E-state index contributed by atoms with van der Waals surface area (Å²) in [6.45, 7) is 6.54. The van der Waals surface area contributed by atoms with Crippen LogP contribution in [-0.2, 0) is 4.74 Å². The molecule has 3 rings (SSSR count). The summed E-state index contributed by atoms with van der Waals surface area (Å²) in [6.07, 6.45) is 11.3. The summed E-state index contributed by atoms with van der Waals surface area (Å²) < 4.78 is 6.01. The lowest BCUT2D eigenvalue weighted by Gasteiger charge is -2.49. The maximum absolute atomic E-state index is 6.21. The third kappa shape index (κ3) is 3.05. The van der Waals surface area contributed by atoms with Gasteiger partial charge in [0.25, 0.3) is 0 Å². The van der Waals surface area contributed by atoms with Crippen LogP contribution < -0.4 is 5.73 Å². The zero-order valence-electron chi connectivity index (χ0n) is 13.2. The predicted octanol–water partition coefficient (Wildman–Crippen LogP) is 2.79. The molecule has 0 aromatic heterocycles. The molecule has 3 nitrogen and oxygen atoms in total. The Morgan fingerprint density at radius 1 is 1.15 bits per heavy atom. The molecule has 0 aromatic rings. The molecule has 1 saturated heterocycles. The van der Waals surface area contributed by atoms with Crippen molar-refractivity contribution >= 4 is 0 Å². The summed E-state index contributed by atoms with van der Waals surface area (Å²) in [7, 11) is 0. The zero-order chi connectivity index (χ0) is 14.0. The Balaban J connectivity index is 1.65. The first kappa shape index (κ1) is 14.8. The molecule has 1 aliphatic heterocycles. The third-order valence-electron chi connectivity index (χ3n) is 6.15. The molecule has 3 aliphatic rings. The Labute approximate surface area is 124 Å². The van der Waals surface area contributed by atoms with E-state index in [0.29, 0.717) is 17.6 Å². The zero-order valence-corrected chi connectivity index (χ0v) is 13.2. The van der Waals surface area contributed by atoms with Crippen LogP contribution in [0.3, 0.4) is 0 Å². The van der Waals surface area contributed by atoms with Gasteiger partial charge >= 0.3 is 0 Å². The van der Waals surface area contributed by atoms with Gasteiger partial charge in [0.2, 0.25) is 0 Å². The van der Waals surface area contributed by atoms with Gasteiger partial charge in [0.15, 0.2) is 0 Å². The van der Waals surface area contributed by atoms with Crippen molar-refractivity contribution in [3.63, 3.8) is 0 Å². The lowest BCUT2D eigenvalue weighted by molar-refractivity contribution is -0.102. The molecule has 2 N–H and O–H groups in total. The summed E-state index contributed by atoms with van der Waals surface area (Å²) in [5.41, 5.74) is 6.61. The summed E-state index contributed by atoms with van der Waals surface area (Å²) in [5.74, 6) is 0.904. The summed E-state index contributed by atoms with van der Waals surface area (Å²) >= 11 is 0. The van der Waals surface area contributed by atoms with Gasteiger partial charge in [-0.3, -0.25) is 4.90 Å². The minimum atomic E-state index is 0.395. The van der Waals surface area contributed by atoms with Crippen molar-refractivity contribution in [2.24, 2.45) is 17.1 Å². The minimum Gasteiger partial charge on any atom is -0.375 e. The monoisotopic (exact) mass is 280 g/mol. The van der Waals surface area contributed by atoms with E-state index in [0.717, 1.165) is 25.6 Å². The van der Waals surface area contributed by atoms with E-state index in [4.69, 9.17) is 10.5 Å². The van der Waals surface area contributed by atoms with Crippen LogP contribution in [0.4, 0.5) is 0 Å². The second-order valence-corrected chi connectivity index (χ2v) is 7.62. The van der Waals surface area contributed by atoms with Gasteiger partial charge < -0.3 is 10.5 Å². The molecule has 0 radical (unpaired) electrons. The average Bonchev–Trinajstić information content (AvgIpc) is 2.50. The SMILES string of the molecule is CC1CCC(CN)(CN2CCOC3CCCCC32)CC1. The molecule has 0 amide bonds. The number of nitrogens with zero attached hydrogens (tertiary/aromatic N) is 1. The molecule has 3 fully saturated rings. The quantitative estimate of drug-likeness (QED) is 0.864. The average molecular weight is 280 g/mol. The molecule has 2 aliphatic carbocycles. The van der Waals surface area contributed by atoms with Crippen LogP contribution in [0.25, 0.3) is 0 Å². The molecule has 116 valence electrons. The number of ether oxygens (including phenoxy) is 1. The Morgan fingerprint density at radius 2 is 1.90 bits per heavy atom. The molecule has 20 heavy (non-hydrogen) atoms. The maximum Gasteiger partial charge on any atom is 0.0730 e. The van der Waals surface area contributed by atoms with Gasteiger partial charge in [0, 0.05) is 19.1 Å². The highest BCUT2D eigenvalue weighted by molar-refractivity contribution is 4.94. The fourth-order valence-corrected chi connectivity index (χ4v) is 4.60. The van der Waals surface area contributed by atoms with Crippen LogP contribution in [0.1, 0.15) is 58.3 Å². The second kappa shape index (κ2) is 6.33. The molecule has 2 saturated carbocycles. The van der Waals surface area contributed by atoms with Crippen molar-refractivity contribution in [3.8, 4) is 0 Å². The Hall–Kier alpha value is -0.120. The largest absolute Gasteiger partial charge is 0.375 e. The Bertz CT molecular complexity index is 310. The third-order valence-corrected chi connectivity index (χ3v) is 6.15. The van der Waals surface area contributed by atoms with Gasteiger partial charge in [0.05, 0.1) is 12.7 Å². The molecule has 1 heterocycles. The van der Waals surface area contributed by atoms with Crippen molar-refractivity contribution in [1.82, 2.24) is 4.90 Å². The van der Waals surface area contributed by atoms with Crippen molar-refractivity contribution < 1.29 is 4.74 Å². The molecule has 2 atom stereocenters. The number of fused-ring (bicyclic) bond motifs is 1. The molecule has 0 aromatic carbocycles. The standard InChI is InChI=1S/C17H32N2O/c1-14-6-8-17(12-18,9-7-14)13-19-10-11-20-16-5-3-2-4-15(16)19/h14-16H,2-13,18H2,1H3. The summed E-state index contributed by atoms with van der Waals surface area (Å²) in [5, 5.41) is 0. The molecular weight excluding hydrogens is 248 g/mol. The Morgan fingerprint density at radius 3 is 2.65 bits per heavy atom. The van der Waals surface area contributed by atoms with Crippen LogP contribution in [0.15, 0.2) is 0 Å². The first-order valence-corrected chi connectivity index (χ1v) is 8.78. The van der Waals surface area contributed by atoms with Gasteiger partial charge in [-0.1, -0.05) is 32.6 Å². The lowest BCUT2D eigenvalue weighted by atomic mass is 9.70. The Kier molecular flexibility index (Phi) is 4.68. The van der Waals surface area contributed by atoms with E-state index in [2.05, 4.69) is 11.8 Å². The number of hydrogen-bond donors (Lipinski definition) is 1. The van der Waals surface area contributed by atoms with Crippen LogP contribution in [0.2, 0.25) is 0 Å². The highest BCUT2D eigenvalue weighted by Crippen LogP contribution is 2.40. The second-order valence-electron chi connectivity index (χ2n) is 7.62. The number of nitrogens with two attached hydrogens (primary N) is 1. The van der Waals surface area contributed by atoms with Gasteiger partial charge in [0.1, 0.15) is 0 Å². The van der Waals surface area contributed by atoms with Gasteiger partial charge in [-0.15, -0.1) is 0 Å². The van der Waals surface area contributed by atoms with E-state index < -0.39 is 0 Å². The van der Waals surface area contributed by atoms with Crippen LogP contribution in [-0.4, -0.2) is 43.3 Å². The molecule has 0 spiro atoms. The van der Waals surface area contributed by atoms with Crippen LogP contribution in [0.5, 0.6) is 0 Å². The van der Waals surface area contributed by atoms with E-state index in [-0.39, 0.29) is 0 Å². The van der Waals surface area contributed by atoms with E-state index in [1.807, 2.05) is 0 Å². The summed E-state index contributed by atoms with van der Waals surface area (Å²) in [6, 6.07) is 0.681. The van der Waals surface area contributed by atoms with Gasteiger partial charge in [-0.25, -0.2) is 0 Å². The van der Waals surface area contributed by atoms with Crippen LogP contribution in [0, 0.1) is 11.3 Å². The predicted molar refractivity (Wildman–Crippen MR) is 82.7 cm³/mol. The first-order chi connectivity index (χ1) is 9.72. The van der Waals surface area contributed by atoms with Crippen molar-refractivity contribution in [2.45, 2.75) is 70.4 Å². The highest BCUT2D eigenvalue weighted by atomic mass is 16.5. The topological polar surface area (TPSA) is 38.5 Å². The highest BCUT2D eigenvalue weighted by Gasteiger charge is 2.40. The fourth-order valence-electron chi connectivity index (χ4n) is 4.60. The smallest absolute Gasteiger partial charge is 0.0730 e. The number of rotatable bonds is 3. The number of hydrogen-bond acceptors (Lipinski definition) is 3. The van der Waals surface area contributed by atoms with Crippen molar-refractivity contribution in [2.75, 3.05) is 26.2 Å². The van der Waals surface area contributed by atoms with E-state index in [1.54, 1.807) is 0 Å². The van der Waals surface area contributed by atoms with E-state index in [1.165, 1.54) is 57.9 Å². The normalized spacial score (nSPS) is 43.2. The van der Waals surface area contributed by atoms with E-state index in [9.17, 15) is 0 Å². The minimum absolute atomic E-state index is 0.395. The van der Waals surface area contributed by atoms with Crippen molar-refractivity contribution in [1.29, 1.82) is 0 Å². The maximum atomic E-state index is 6.21. The summed E-state index contributed by atoms with van der Waals surface area (Å²) in [4.78, 5) is 2.75. The molecule has 3 heteroatoms.